The number of pyridine rings is 1. The second-order valence-electron chi connectivity index (χ2n) is 7.23. The van der Waals surface area contributed by atoms with Gasteiger partial charge in [0.15, 0.2) is 0 Å². The van der Waals surface area contributed by atoms with Crippen LogP contribution in [0.3, 0.4) is 0 Å². The molecule has 144 valence electrons. The molecule has 2 rings (SSSR count). The highest BCUT2D eigenvalue weighted by Gasteiger charge is 2.23. The zero-order valence-corrected chi connectivity index (χ0v) is 16.7. The van der Waals surface area contributed by atoms with Crippen molar-refractivity contribution in [2.45, 2.75) is 46.7 Å². The number of rotatable bonds is 5. The molecule has 6 nitrogen and oxygen atoms in total. The predicted octanol–water partition coefficient (Wildman–Crippen LogP) is 3.21. The first kappa shape index (κ1) is 20.4. The first-order valence-electron chi connectivity index (χ1n) is 9.03. The number of aromatic nitrogens is 1. The number of hydrogen-bond donors (Lipinski definition) is 1. The van der Waals surface area contributed by atoms with Crippen LogP contribution in [0.4, 0.5) is 5.69 Å². The summed E-state index contributed by atoms with van der Waals surface area (Å²) in [4.78, 5) is 39.7. The van der Waals surface area contributed by atoms with Crippen LogP contribution in [-0.2, 0) is 7.05 Å². The third kappa shape index (κ3) is 4.45. The maximum absolute atomic E-state index is 13.0. The summed E-state index contributed by atoms with van der Waals surface area (Å²) < 4.78 is 1.32. The molecule has 1 aromatic heterocycles. The highest BCUT2D eigenvalue weighted by Crippen LogP contribution is 2.15. The molecule has 1 N–H and O–H groups in total. The molecule has 2 aromatic rings. The Balaban J connectivity index is 2.42. The topological polar surface area (TPSA) is 71.4 Å². The van der Waals surface area contributed by atoms with Crippen molar-refractivity contribution in [3.05, 3.63) is 63.6 Å². The minimum atomic E-state index is -0.376. The van der Waals surface area contributed by atoms with Crippen molar-refractivity contribution in [2.75, 3.05) is 5.32 Å². The van der Waals surface area contributed by atoms with Gasteiger partial charge in [0.25, 0.3) is 17.4 Å². The zero-order valence-electron chi connectivity index (χ0n) is 16.7. The van der Waals surface area contributed by atoms with Crippen LogP contribution in [-0.4, -0.2) is 33.4 Å². The molecule has 0 spiro atoms. The van der Waals surface area contributed by atoms with Crippen LogP contribution in [0.25, 0.3) is 0 Å². The Labute approximate surface area is 159 Å². The standard InChI is InChI=1S/C21H27N3O3/c1-13(2)24(14(3)4)20(26)16-11-18(21(27)23(6)12-16)22-19(25)17-10-8-7-9-15(17)5/h7-14H,1-6H3,(H,22,25). The van der Waals surface area contributed by atoms with Gasteiger partial charge in [-0.05, 0) is 52.3 Å². The number of amides is 2. The Kier molecular flexibility index (Phi) is 6.20. The van der Waals surface area contributed by atoms with E-state index >= 15 is 0 Å². The van der Waals surface area contributed by atoms with Crippen molar-refractivity contribution < 1.29 is 9.59 Å². The van der Waals surface area contributed by atoms with E-state index in [0.717, 1.165) is 5.56 Å². The second kappa shape index (κ2) is 8.20. The number of carbonyl (C=O) groups is 2. The van der Waals surface area contributed by atoms with Gasteiger partial charge in [0.05, 0.1) is 5.56 Å². The van der Waals surface area contributed by atoms with Crippen molar-refractivity contribution in [3.8, 4) is 0 Å². The molecule has 0 bridgehead atoms. The number of aryl methyl sites for hydroxylation is 2. The average molecular weight is 369 g/mol. The predicted molar refractivity (Wildman–Crippen MR) is 107 cm³/mol. The molecule has 0 aliphatic heterocycles. The summed E-state index contributed by atoms with van der Waals surface area (Å²) in [5.41, 5.74) is 1.38. The maximum atomic E-state index is 13.0. The lowest BCUT2D eigenvalue weighted by Gasteiger charge is -2.31. The van der Waals surface area contributed by atoms with Gasteiger partial charge in [-0.15, -0.1) is 0 Å². The Hall–Kier alpha value is -2.89. The van der Waals surface area contributed by atoms with Crippen molar-refractivity contribution in [1.29, 1.82) is 0 Å². The normalized spacial score (nSPS) is 11.0. The molecule has 1 heterocycles. The molecule has 0 radical (unpaired) electrons. The van der Waals surface area contributed by atoms with Crippen LogP contribution >= 0.6 is 0 Å². The third-order valence-electron chi connectivity index (χ3n) is 4.42. The minimum Gasteiger partial charge on any atom is -0.334 e. The van der Waals surface area contributed by atoms with E-state index in [1.165, 1.54) is 16.8 Å². The highest BCUT2D eigenvalue weighted by atomic mass is 16.2. The molecule has 27 heavy (non-hydrogen) atoms. The van der Waals surface area contributed by atoms with Gasteiger partial charge in [-0.3, -0.25) is 14.4 Å². The van der Waals surface area contributed by atoms with Gasteiger partial charge in [-0.1, -0.05) is 18.2 Å². The van der Waals surface area contributed by atoms with Gasteiger partial charge in [-0.25, -0.2) is 0 Å². The van der Waals surface area contributed by atoms with Gasteiger partial charge < -0.3 is 14.8 Å². The summed E-state index contributed by atoms with van der Waals surface area (Å²) in [5, 5.41) is 2.66. The number of nitrogens with zero attached hydrogens (tertiary/aromatic N) is 2. The van der Waals surface area contributed by atoms with Crippen LogP contribution in [0.1, 0.15) is 54.0 Å². The molecule has 0 aliphatic rings. The van der Waals surface area contributed by atoms with E-state index in [-0.39, 0.29) is 35.1 Å². The Bertz CT molecular complexity index is 905. The molecule has 0 fully saturated rings. The van der Waals surface area contributed by atoms with Crippen LogP contribution in [0.5, 0.6) is 0 Å². The Morgan fingerprint density at radius 2 is 1.67 bits per heavy atom. The maximum Gasteiger partial charge on any atom is 0.274 e. The summed E-state index contributed by atoms with van der Waals surface area (Å²) in [6.45, 7) is 9.61. The highest BCUT2D eigenvalue weighted by molar-refractivity contribution is 6.05. The van der Waals surface area contributed by atoms with Gasteiger partial charge in [-0.2, -0.15) is 0 Å². The monoisotopic (exact) mass is 369 g/mol. The number of hydrogen-bond acceptors (Lipinski definition) is 3. The lowest BCUT2D eigenvalue weighted by molar-refractivity contribution is 0.0642. The van der Waals surface area contributed by atoms with Crippen LogP contribution < -0.4 is 10.9 Å². The Morgan fingerprint density at radius 1 is 1.07 bits per heavy atom. The first-order chi connectivity index (χ1) is 12.6. The SMILES string of the molecule is Cc1ccccc1C(=O)Nc1cc(C(=O)N(C(C)C)C(C)C)cn(C)c1=O. The summed E-state index contributed by atoms with van der Waals surface area (Å²) in [7, 11) is 1.57. The number of carbonyl (C=O) groups excluding carboxylic acids is 2. The van der Waals surface area contributed by atoms with Crippen LogP contribution in [0.2, 0.25) is 0 Å². The lowest BCUT2D eigenvalue weighted by atomic mass is 10.1. The number of nitrogens with one attached hydrogen (secondary N) is 1. The smallest absolute Gasteiger partial charge is 0.274 e. The summed E-state index contributed by atoms with van der Waals surface area (Å²) in [5.74, 6) is -0.554. The molecule has 0 atom stereocenters. The summed E-state index contributed by atoms with van der Waals surface area (Å²) in [6.07, 6.45) is 1.51. The zero-order chi connectivity index (χ0) is 20.3. The average Bonchev–Trinajstić information content (AvgIpc) is 2.58. The van der Waals surface area contributed by atoms with E-state index < -0.39 is 0 Å². The van der Waals surface area contributed by atoms with Crippen LogP contribution in [0.15, 0.2) is 41.3 Å². The van der Waals surface area contributed by atoms with Gasteiger partial charge in [0.1, 0.15) is 5.69 Å². The van der Waals surface area contributed by atoms with Crippen molar-refractivity contribution in [2.24, 2.45) is 7.05 Å². The van der Waals surface area contributed by atoms with Gasteiger partial charge in [0, 0.05) is 30.9 Å². The van der Waals surface area contributed by atoms with E-state index in [1.54, 1.807) is 24.1 Å². The minimum absolute atomic E-state index is 0.0137. The van der Waals surface area contributed by atoms with Gasteiger partial charge in [0.2, 0.25) is 0 Å². The fourth-order valence-corrected chi connectivity index (χ4v) is 3.15. The lowest BCUT2D eigenvalue weighted by Crippen LogP contribution is -2.42. The molecule has 0 saturated carbocycles. The quantitative estimate of drug-likeness (QED) is 0.880. The summed E-state index contributed by atoms with van der Waals surface area (Å²) >= 11 is 0. The Morgan fingerprint density at radius 3 is 2.22 bits per heavy atom. The van der Waals surface area contributed by atoms with E-state index in [9.17, 15) is 14.4 Å². The fraction of sp³-hybridized carbons (Fsp3) is 0.381. The third-order valence-corrected chi connectivity index (χ3v) is 4.42. The molecule has 0 saturated heterocycles. The second-order valence-corrected chi connectivity index (χ2v) is 7.23. The first-order valence-corrected chi connectivity index (χ1v) is 9.03. The molecular formula is C21H27N3O3. The van der Waals surface area contributed by atoms with Crippen molar-refractivity contribution in [3.63, 3.8) is 0 Å². The molecular weight excluding hydrogens is 342 g/mol. The van der Waals surface area contributed by atoms with Crippen molar-refractivity contribution in [1.82, 2.24) is 9.47 Å². The van der Waals surface area contributed by atoms with E-state index in [4.69, 9.17) is 0 Å². The molecule has 0 unspecified atom stereocenters. The van der Waals surface area contributed by atoms with Crippen molar-refractivity contribution >= 4 is 17.5 Å². The largest absolute Gasteiger partial charge is 0.334 e. The molecule has 0 aliphatic carbocycles. The van der Waals surface area contributed by atoms with E-state index in [0.29, 0.717) is 11.1 Å². The van der Waals surface area contributed by atoms with E-state index in [1.807, 2.05) is 46.8 Å². The fourth-order valence-electron chi connectivity index (χ4n) is 3.15. The van der Waals surface area contributed by atoms with Gasteiger partial charge >= 0.3 is 0 Å². The summed E-state index contributed by atoms with van der Waals surface area (Å²) in [6, 6.07) is 8.62. The number of anilines is 1. The molecule has 6 heteroatoms. The van der Waals surface area contributed by atoms with Crippen LogP contribution in [0, 0.1) is 6.92 Å². The number of benzene rings is 1. The molecule has 2 amide bonds. The molecule has 1 aromatic carbocycles. The van der Waals surface area contributed by atoms with E-state index in [2.05, 4.69) is 5.32 Å².